The first-order chi connectivity index (χ1) is 40.4. The van der Waals surface area contributed by atoms with E-state index in [9.17, 15) is 90.0 Å². The van der Waals surface area contributed by atoms with Crippen LogP contribution in [0.2, 0.25) is 0 Å². The van der Waals surface area contributed by atoms with Crippen LogP contribution in [0.1, 0.15) is 62.1 Å². The number of hydrogen-bond acceptors (Lipinski definition) is 18. The minimum absolute atomic E-state index is 0.0433. The molecule has 420 valence electrons. The SMILES string of the molecule is O=Cc1c(O)c(O)cc2ccccc12.O=Cc1c(O)cc2ccccc2c1O.O=Cc1c(O)ccc2c(O)cccc12.O=Cc1c(O)ccc2cc(O)ccc12.O=Cc1ccc2c(O)cccc2c1O.O=Cc1ccc2cc(O)ccc2c1O. The topological polar surface area (TPSA) is 345 Å². The molecular weight excluding hydrogens is 1080 g/mol. The average Bonchev–Trinajstić information content (AvgIpc) is 2.96. The van der Waals surface area contributed by atoms with Crippen LogP contribution in [0.5, 0.6) is 69.0 Å². The molecule has 0 atom stereocenters. The van der Waals surface area contributed by atoms with E-state index >= 15 is 0 Å². The van der Waals surface area contributed by atoms with Gasteiger partial charge in [-0.25, -0.2) is 0 Å². The van der Waals surface area contributed by atoms with E-state index in [2.05, 4.69) is 0 Å². The van der Waals surface area contributed by atoms with Crippen molar-refractivity contribution in [3.05, 3.63) is 215 Å². The van der Waals surface area contributed by atoms with E-state index in [0.717, 1.165) is 10.8 Å². The van der Waals surface area contributed by atoms with Gasteiger partial charge >= 0.3 is 0 Å². The molecule has 12 aromatic carbocycles. The average molecular weight is 1130 g/mol. The Morgan fingerprint density at radius 1 is 0.214 bits per heavy atom. The van der Waals surface area contributed by atoms with Crippen molar-refractivity contribution < 1.29 is 90.0 Å². The van der Waals surface area contributed by atoms with E-state index in [1.165, 1.54) is 66.7 Å². The number of aromatic hydroxyl groups is 12. The van der Waals surface area contributed by atoms with E-state index < -0.39 is 0 Å². The van der Waals surface area contributed by atoms with Crippen LogP contribution in [0.4, 0.5) is 0 Å². The summed E-state index contributed by atoms with van der Waals surface area (Å²) in [4.78, 5) is 63.8. The van der Waals surface area contributed by atoms with Crippen molar-refractivity contribution in [1.82, 2.24) is 0 Å². The van der Waals surface area contributed by atoms with Crippen LogP contribution in [-0.2, 0) is 0 Å². The highest BCUT2D eigenvalue weighted by Gasteiger charge is 2.14. The van der Waals surface area contributed by atoms with Crippen LogP contribution >= 0.6 is 0 Å². The molecule has 0 saturated heterocycles. The number of fused-ring (bicyclic) bond motifs is 6. The lowest BCUT2D eigenvalue weighted by Gasteiger charge is -2.05. The number of phenolic OH excluding ortho intramolecular Hbond substituents is 12. The monoisotopic (exact) mass is 1130 g/mol. The lowest BCUT2D eigenvalue weighted by Crippen LogP contribution is -1.85. The highest BCUT2D eigenvalue weighted by atomic mass is 16.3. The second kappa shape index (κ2) is 26.6. The predicted molar refractivity (Wildman–Crippen MR) is 316 cm³/mol. The maximum absolute atomic E-state index is 10.7. The summed E-state index contributed by atoms with van der Waals surface area (Å²) >= 11 is 0. The Hall–Kier alpha value is -12.2. The number of benzene rings is 12. The summed E-state index contributed by atoms with van der Waals surface area (Å²) in [6.45, 7) is 0. The van der Waals surface area contributed by atoms with Gasteiger partial charge in [0.2, 0.25) is 0 Å². The fourth-order valence-electron chi connectivity index (χ4n) is 8.70. The summed E-state index contributed by atoms with van der Waals surface area (Å²) in [5, 5.41) is 121. The Balaban J connectivity index is 0.000000145. The molecule has 0 fully saturated rings. The molecule has 0 aliphatic heterocycles. The van der Waals surface area contributed by atoms with Crippen molar-refractivity contribution in [1.29, 1.82) is 0 Å². The molecule has 84 heavy (non-hydrogen) atoms. The summed E-state index contributed by atoms with van der Waals surface area (Å²) < 4.78 is 0. The van der Waals surface area contributed by atoms with Gasteiger partial charge in [-0.05, 0) is 135 Å². The smallest absolute Gasteiger partial charge is 0.168 e. The lowest BCUT2D eigenvalue weighted by molar-refractivity contribution is 0.111. The molecular formula is C66H48O18. The van der Waals surface area contributed by atoms with E-state index in [4.69, 9.17) is 0 Å². The van der Waals surface area contributed by atoms with Crippen molar-refractivity contribution in [3.8, 4) is 69.0 Å². The number of carbonyl (C=O) groups is 6. The lowest BCUT2D eigenvalue weighted by atomic mass is 10.0. The van der Waals surface area contributed by atoms with Crippen molar-refractivity contribution in [2.75, 3.05) is 0 Å². The van der Waals surface area contributed by atoms with Gasteiger partial charge in [0, 0.05) is 26.9 Å². The standard InChI is InChI=1S/6C11H8O3/c12-6-10-9-3-2-8(13)5-7(9)1-4-11(10)14;12-6-8-2-1-7-5-9(13)3-4-10(7)11(8)14;12-6-7-4-5-8-9(11(7)14)2-1-3-10(8)13;12-6-9-7-2-1-3-10(13)8(7)4-5-11(9)14;12-6-9-10(13)5-7-3-1-2-4-8(7)11(9)14;12-6-9-8-4-2-1-3-7(8)5-10(13)11(9)14/h6*1-6,13-14H. The maximum Gasteiger partial charge on any atom is 0.168 e. The molecule has 12 rings (SSSR count). The number of hydrogen-bond donors (Lipinski definition) is 12. The van der Waals surface area contributed by atoms with Gasteiger partial charge in [-0.15, -0.1) is 0 Å². The Kier molecular flexibility index (Phi) is 18.9. The fourth-order valence-corrected chi connectivity index (χ4v) is 8.70. The third kappa shape index (κ3) is 12.9. The molecule has 0 unspecified atom stereocenters. The highest BCUT2D eigenvalue weighted by molar-refractivity contribution is 6.05. The summed E-state index contributed by atoms with van der Waals surface area (Å²) in [5.74, 6) is -0.782. The highest BCUT2D eigenvalue weighted by Crippen LogP contribution is 2.37. The minimum Gasteiger partial charge on any atom is -0.508 e. The van der Waals surface area contributed by atoms with Crippen molar-refractivity contribution in [3.63, 3.8) is 0 Å². The van der Waals surface area contributed by atoms with Crippen LogP contribution in [0, 0.1) is 0 Å². The minimum atomic E-state index is -0.362. The zero-order chi connectivity index (χ0) is 60.8. The maximum atomic E-state index is 10.7. The van der Waals surface area contributed by atoms with Crippen LogP contribution in [0.15, 0.2) is 182 Å². The normalized spacial score (nSPS) is 10.3. The molecule has 0 aromatic heterocycles. The fraction of sp³-hybridized carbons (Fsp3) is 0. The molecule has 12 N–H and O–H groups in total. The van der Waals surface area contributed by atoms with Gasteiger partial charge in [0.1, 0.15) is 57.5 Å². The van der Waals surface area contributed by atoms with Crippen LogP contribution in [0.3, 0.4) is 0 Å². The van der Waals surface area contributed by atoms with Gasteiger partial charge in [0.05, 0.1) is 33.4 Å². The first-order valence-electron chi connectivity index (χ1n) is 24.7. The zero-order valence-corrected chi connectivity index (χ0v) is 43.6. The molecule has 0 bridgehead atoms. The van der Waals surface area contributed by atoms with Gasteiger partial charge in [0.15, 0.2) is 49.2 Å². The van der Waals surface area contributed by atoms with E-state index in [1.54, 1.807) is 115 Å². The molecule has 0 aliphatic carbocycles. The Morgan fingerprint density at radius 3 is 1.18 bits per heavy atom. The third-order valence-corrected chi connectivity index (χ3v) is 12.9. The number of carbonyl (C=O) groups excluding carboxylic acids is 6. The Morgan fingerprint density at radius 2 is 0.595 bits per heavy atom. The van der Waals surface area contributed by atoms with Crippen molar-refractivity contribution in [2.45, 2.75) is 0 Å². The van der Waals surface area contributed by atoms with Crippen LogP contribution < -0.4 is 0 Å². The molecule has 18 heteroatoms. The first-order valence-corrected chi connectivity index (χ1v) is 24.7. The summed E-state index contributed by atoms with van der Waals surface area (Å²) in [7, 11) is 0. The van der Waals surface area contributed by atoms with Gasteiger partial charge in [-0.3, -0.25) is 28.8 Å². The Labute approximate surface area is 475 Å². The van der Waals surface area contributed by atoms with Gasteiger partial charge in [-0.2, -0.15) is 0 Å². The molecule has 0 aliphatic rings. The van der Waals surface area contributed by atoms with Crippen molar-refractivity contribution >= 4 is 102 Å². The number of rotatable bonds is 6. The van der Waals surface area contributed by atoms with Crippen LogP contribution in [0.25, 0.3) is 64.6 Å². The molecule has 0 saturated carbocycles. The number of phenols is 12. The van der Waals surface area contributed by atoms with Gasteiger partial charge in [0.25, 0.3) is 0 Å². The second-order valence-electron chi connectivity index (χ2n) is 18.0. The van der Waals surface area contributed by atoms with Crippen molar-refractivity contribution in [2.24, 2.45) is 0 Å². The van der Waals surface area contributed by atoms with Gasteiger partial charge < -0.3 is 61.3 Å². The Bertz CT molecular complexity index is 4490. The van der Waals surface area contributed by atoms with Gasteiger partial charge in [-0.1, -0.05) is 84.9 Å². The number of aldehydes is 6. The molecule has 12 aromatic rings. The molecule has 0 amide bonds. The predicted octanol–water partition coefficient (Wildman–Crippen LogP) is 12.4. The largest absolute Gasteiger partial charge is 0.508 e. The summed E-state index contributed by atoms with van der Waals surface area (Å²) in [6, 6.07) is 48.1. The zero-order valence-electron chi connectivity index (χ0n) is 43.6. The first kappa shape index (κ1) is 59.5. The van der Waals surface area contributed by atoms with E-state index in [1.807, 2.05) is 0 Å². The van der Waals surface area contributed by atoms with E-state index in [-0.39, 0.29) is 102 Å². The molecule has 0 radical (unpaired) electrons. The second-order valence-corrected chi connectivity index (χ2v) is 18.0. The quantitative estimate of drug-likeness (QED) is 0.0543. The molecule has 0 spiro atoms. The third-order valence-electron chi connectivity index (χ3n) is 12.9. The van der Waals surface area contributed by atoms with Crippen LogP contribution in [-0.4, -0.2) is 99.0 Å². The summed E-state index contributed by atoms with van der Waals surface area (Å²) in [6.07, 6.45) is 3.35. The van der Waals surface area contributed by atoms with E-state index in [0.29, 0.717) is 91.6 Å². The molecule has 0 heterocycles. The summed E-state index contributed by atoms with van der Waals surface area (Å²) in [5.41, 5.74) is 0.997. The molecule has 18 nitrogen and oxygen atoms in total.